The molecular formula is C17H20N6O3S. The zero-order chi connectivity index (χ0) is 18.8. The lowest BCUT2D eigenvalue weighted by Crippen LogP contribution is -2.49. The van der Waals surface area contributed by atoms with Gasteiger partial charge in [0.1, 0.15) is 5.01 Å². The van der Waals surface area contributed by atoms with Crippen molar-refractivity contribution in [2.75, 3.05) is 31.5 Å². The van der Waals surface area contributed by atoms with E-state index in [0.717, 1.165) is 36.5 Å². The van der Waals surface area contributed by atoms with Gasteiger partial charge in [-0.1, -0.05) is 23.5 Å². The highest BCUT2D eigenvalue weighted by atomic mass is 32.1. The van der Waals surface area contributed by atoms with Crippen LogP contribution in [0.15, 0.2) is 24.3 Å². The maximum atomic E-state index is 12.4. The molecule has 0 unspecified atom stereocenters. The second-order valence-electron chi connectivity index (χ2n) is 6.84. The molecule has 2 aromatic rings. The van der Waals surface area contributed by atoms with Crippen LogP contribution in [0, 0.1) is 10.1 Å². The number of hydrogen-bond acceptors (Lipinski definition) is 7. The van der Waals surface area contributed by atoms with Crippen LogP contribution in [0.4, 0.5) is 15.6 Å². The summed E-state index contributed by atoms with van der Waals surface area (Å²) in [7, 11) is 0. The number of aromatic nitrogens is 2. The van der Waals surface area contributed by atoms with Gasteiger partial charge < -0.3 is 4.90 Å². The van der Waals surface area contributed by atoms with Crippen molar-refractivity contribution in [3.63, 3.8) is 0 Å². The molecule has 1 saturated heterocycles. The summed E-state index contributed by atoms with van der Waals surface area (Å²) in [6.45, 7) is 3.29. The highest BCUT2D eigenvalue weighted by Gasteiger charge is 2.28. The molecular weight excluding hydrogens is 368 g/mol. The number of anilines is 1. The summed E-state index contributed by atoms with van der Waals surface area (Å²) in [5, 5.41) is 23.5. The van der Waals surface area contributed by atoms with E-state index in [0.29, 0.717) is 30.7 Å². The van der Waals surface area contributed by atoms with E-state index >= 15 is 0 Å². The number of rotatable bonds is 5. The van der Waals surface area contributed by atoms with E-state index in [-0.39, 0.29) is 16.6 Å². The molecule has 10 heteroatoms. The van der Waals surface area contributed by atoms with Crippen molar-refractivity contribution >= 4 is 28.2 Å². The molecule has 1 saturated carbocycles. The third kappa shape index (κ3) is 4.40. The van der Waals surface area contributed by atoms with Crippen LogP contribution in [0.5, 0.6) is 0 Å². The quantitative estimate of drug-likeness (QED) is 0.624. The van der Waals surface area contributed by atoms with Gasteiger partial charge in [0.25, 0.3) is 5.69 Å². The van der Waals surface area contributed by atoms with Crippen molar-refractivity contribution in [3.8, 4) is 0 Å². The van der Waals surface area contributed by atoms with Gasteiger partial charge in [0.2, 0.25) is 5.13 Å². The molecule has 0 radical (unpaired) electrons. The minimum absolute atomic E-state index is 0.105. The number of carbonyl (C=O) groups excluding carboxylic acids is 1. The fourth-order valence-corrected chi connectivity index (χ4v) is 3.99. The lowest BCUT2D eigenvalue weighted by molar-refractivity contribution is -0.384. The highest BCUT2D eigenvalue weighted by molar-refractivity contribution is 7.15. The van der Waals surface area contributed by atoms with Crippen molar-refractivity contribution < 1.29 is 9.72 Å². The second kappa shape index (κ2) is 7.57. The monoisotopic (exact) mass is 388 g/mol. The van der Waals surface area contributed by atoms with Gasteiger partial charge in [-0.2, -0.15) is 0 Å². The van der Waals surface area contributed by atoms with Crippen LogP contribution in [0.25, 0.3) is 0 Å². The summed E-state index contributed by atoms with van der Waals surface area (Å²) in [5.41, 5.74) is 1.01. The molecule has 1 aromatic heterocycles. The molecule has 0 spiro atoms. The Labute approximate surface area is 160 Å². The fourth-order valence-electron chi connectivity index (χ4n) is 3.09. The molecule has 2 amide bonds. The first-order valence-corrected chi connectivity index (χ1v) is 9.75. The Hall–Kier alpha value is -2.59. The van der Waals surface area contributed by atoms with Gasteiger partial charge in [0, 0.05) is 50.8 Å². The number of benzene rings is 1. The Balaban J connectivity index is 1.27. The lowest BCUT2D eigenvalue weighted by Gasteiger charge is -2.34. The predicted octanol–water partition coefficient (Wildman–Crippen LogP) is 2.67. The van der Waals surface area contributed by atoms with Gasteiger partial charge in [-0.3, -0.25) is 20.3 Å². The number of nitro groups is 1. The van der Waals surface area contributed by atoms with E-state index in [1.807, 2.05) is 6.07 Å². The number of piperazine rings is 1. The van der Waals surface area contributed by atoms with Gasteiger partial charge in [0.05, 0.1) is 4.92 Å². The lowest BCUT2D eigenvalue weighted by atomic mass is 10.2. The SMILES string of the molecule is O=C(Nc1nnc(C2CC2)s1)N1CCN(Cc2cccc([N+](=O)[O-])c2)CC1. The van der Waals surface area contributed by atoms with Crippen LogP contribution in [-0.2, 0) is 6.54 Å². The maximum Gasteiger partial charge on any atom is 0.323 e. The third-order valence-corrected chi connectivity index (χ3v) is 5.77. The summed E-state index contributed by atoms with van der Waals surface area (Å²) < 4.78 is 0. The molecule has 1 aliphatic carbocycles. The predicted molar refractivity (Wildman–Crippen MR) is 101 cm³/mol. The fraction of sp³-hybridized carbons (Fsp3) is 0.471. The van der Waals surface area contributed by atoms with E-state index in [9.17, 15) is 14.9 Å². The van der Waals surface area contributed by atoms with Crippen molar-refractivity contribution in [1.82, 2.24) is 20.0 Å². The number of nitrogens with one attached hydrogen (secondary N) is 1. The number of hydrogen-bond donors (Lipinski definition) is 1. The molecule has 9 nitrogen and oxygen atoms in total. The first-order valence-electron chi connectivity index (χ1n) is 8.93. The van der Waals surface area contributed by atoms with Crippen molar-refractivity contribution in [2.24, 2.45) is 0 Å². The number of nitro benzene ring substituents is 1. The molecule has 2 fully saturated rings. The van der Waals surface area contributed by atoms with Crippen LogP contribution < -0.4 is 5.32 Å². The van der Waals surface area contributed by atoms with Crippen LogP contribution in [-0.4, -0.2) is 57.1 Å². The van der Waals surface area contributed by atoms with Gasteiger partial charge >= 0.3 is 6.03 Å². The molecule has 1 aliphatic heterocycles. The zero-order valence-corrected chi connectivity index (χ0v) is 15.5. The summed E-state index contributed by atoms with van der Waals surface area (Å²) in [5.74, 6) is 0.533. The first-order chi connectivity index (χ1) is 13.1. The van der Waals surface area contributed by atoms with Gasteiger partial charge in [-0.15, -0.1) is 10.2 Å². The van der Waals surface area contributed by atoms with Crippen LogP contribution in [0.2, 0.25) is 0 Å². The van der Waals surface area contributed by atoms with E-state index in [1.165, 1.54) is 17.4 Å². The maximum absolute atomic E-state index is 12.4. The topological polar surface area (TPSA) is 104 Å². The highest BCUT2D eigenvalue weighted by Crippen LogP contribution is 2.42. The Morgan fingerprint density at radius 1 is 1.26 bits per heavy atom. The molecule has 1 aromatic carbocycles. The van der Waals surface area contributed by atoms with Crippen molar-refractivity contribution in [1.29, 1.82) is 0 Å². The Bertz CT molecular complexity index is 845. The number of urea groups is 1. The largest absolute Gasteiger partial charge is 0.323 e. The summed E-state index contributed by atoms with van der Waals surface area (Å²) in [6, 6.07) is 6.54. The Morgan fingerprint density at radius 3 is 2.74 bits per heavy atom. The normalized spacial score (nSPS) is 17.7. The van der Waals surface area contributed by atoms with E-state index in [2.05, 4.69) is 20.4 Å². The van der Waals surface area contributed by atoms with Crippen molar-refractivity contribution in [3.05, 3.63) is 45.0 Å². The third-order valence-electron chi connectivity index (χ3n) is 4.77. The molecule has 2 aliphatic rings. The molecule has 0 atom stereocenters. The first kappa shape index (κ1) is 17.8. The van der Waals surface area contributed by atoms with Crippen LogP contribution in [0.1, 0.15) is 29.3 Å². The van der Waals surface area contributed by atoms with Gasteiger partial charge in [0.15, 0.2) is 0 Å². The minimum Gasteiger partial charge on any atom is -0.322 e. The smallest absolute Gasteiger partial charge is 0.322 e. The standard InChI is InChI=1S/C17H20N6O3S/c24-17(18-16-20-19-15(27-16)13-4-5-13)22-8-6-21(7-9-22)11-12-2-1-3-14(10-12)23(25)26/h1-3,10,13H,4-9,11H2,(H,18,20,24). The van der Waals surface area contributed by atoms with Crippen LogP contribution in [0.3, 0.4) is 0 Å². The Kier molecular flexibility index (Phi) is 4.99. The number of non-ortho nitro benzene ring substituents is 1. The summed E-state index contributed by atoms with van der Waals surface area (Å²) in [4.78, 5) is 26.9. The molecule has 4 rings (SSSR count). The number of amides is 2. The van der Waals surface area contributed by atoms with Crippen LogP contribution >= 0.6 is 11.3 Å². The summed E-state index contributed by atoms with van der Waals surface area (Å²) in [6.07, 6.45) is 2.32. The Morgan fingerprint density at radius 2 is 2.04 bits per heavy atom. The average molecular weight is 388 g/mol. The second-order valence-corrected chi connectivity index (χ2v) is 7.85. The van der Waals surface area contributed by atoms with Gasteiger partial charge in [-0.25, -0.2) is 4.79 Å². The number of nitrogens with zero attached hydrogens (tertiary/aromatic N) is 5. The van der Waals surface area contributed by atoms with Gasteiger partial charge in [-0.05, 0) is 18.4 Å². The molecule has 1 N–H and O–H groups in total. The molecule has 142 valence electrons. The molecule has 27 heavy (non-hydrogen) atoms. The summed E-state index contributed by atoms with van der Waals surface area (Å²) >= 11 is 1.46. The van der Waals surface area contributed by atoms with Crippen molar-refractivity contribution in [2.45, 2.75) is 25.3 Å². The minimum atomic E-state index is -0.381. The van der Waals surface area contributed by atoms with E-state index in [1.54, 1.807) is 17.0 Å². The van der Waals surface area contributed by atoms with E-state index < -0.39 is 0 Å². The number of carbonyl (C=O) groups is 1. The zero-order valence-electron chi connectivity index (χ0n) is 14.7. The molecule has 0 bridgehead atoms. The molecule has 2 heterocycles. The average Bonchev–Trinajstić information content (AvgIpc) is 3.42. The van der Waals surface area contributed by atoms with E-state index in [4.69, 9.17) is 0 Å².